The third kappa shape index (κ3) is 3.23. The van der Waals surface area contributed by atoms with Crippen LogP contribution in [0.1, 0.15) is 11.5 Å². The van der Waals surface area contributed by atoms with Crippen LogP contribution in [-0.4, -0.2) is 18.6 Å². The molecule has 0 unspecified atom stereocenters. The van der Waals surface area contributed by atoms with Crippen molar-refractivity contribution in [3.8, 4) is 17.5 Å². The summed E-state index contributed by atoms with van der Waals surface area (Å²) in [5, 5.41) is 18.0. The van der Waals surface area contributed by atoms with E-state index in [1.807, 2.05) is 6.07 Å². The maximum Gasteiger partial charge on any atom is 0.271 e. The number of rotatable bonds is 4. The average Bonchev–Trinajstić information content (AvgIpc) is 3.16. The molecular formula is C14H10N4O3S2. The van der Waals surface area contributed by atoms with Crippen molar-refractivity contribution in [1.29, 1.82) is 5.26 Å². The van der Waals surface area contributed by atoms with E-state index in [0.29, 0.717) is 22.7 Å². The summed E-state index contributed by atoms with van der Waals surface area (Å²) in [7, 11) is -3.72. The zero-order chi connectivity index (χ0) is 16.4. The lowest BCUT2D eigenvalue weighted by Gasteiger charge is -2.05. The van der Waals surface area contributed by atoms with Gasteiger partial charge in [-0.05, 0) is 30.3 Å². The van der Waals surface area contributed by atoms with E-state index in [-0.39, 0.29) is 10.1 Å². The first-order chi connectivity index (χ1) is 11.0. The highest BCUT2D eigenvalue weighted by atomic mass is 32.2. The van der Waals surface area contributed by atoms with Crippen molar-refractivity contribution in [3.63, 3.8) is 0 Å². The van der Waals surface area contributed by atoms with E-state index >= 15 is 0 Å². The van der Waals surface area contributed by atoms with Gasteiger partial charge in [0.15, 0.2) is 0 Å². The molecule has 0 bridgehead atoms. The maximum absolute atomic E-state index is 12.4. The lowest BCUT2D eigenvalue weighted by Crippen LogP contribution is -2.11. The second-order valence-corrected chi connectivity index (χ2v) is 7.40. The number of nitrogens with one attached hydrogen (secondary N) is 1. The smallest absolute Gasteiger partial charge is 0.271 e. The van der Waals surface area contributed by atoms with Crippen LogP contribution >= 0.6 is 11.3 Å². The van der Waals surface area contributed by atoms with Gasteiger partial charge in [0.2, 0.25) is 11.8 Å². The molecule has 2 heterocycles. The molecule has 116 valence electrons. The van der Waals surface area contributed by atoms with Gasteiger partial charge in [0, 0.05) is 18.0 Å². The van der Waals surface area contributed by atoms with Gasteiger partial charge < -0.3 is 4.42 Å². The number of benzene rings is 1. The number of nitrogens with zero attached hydrogens (tertiary/aromatic N) is 3. The quantitative estimate of drug-likeness (QED) is 0.778. The molecule has 0 radical (unpaired) electrons. The number of aryl methyl sites for hydroxylation is 1. The number of hydrogen-bond acceptors (Lipinski definition) is 7. The highest BCUT2D eigenvalue weighted by Crippen LogP contribution is 2.29. The van der Waals surface area contributed by atoms with Crippen LogP contribution in [0.15, 0.2) is 44.3 Å². The largest absolute Gasteiger partial charge is 0.421 e. The summed E-state index contributed by atoms with van der Waals surface area (Å²) in [6.07, 6.45) is 0. The molecular weight excluding hydrogens is 336 g/mol. The first kappa shape index (κ1) is 15.2. The lowest BCUT2D eigenvalue weighted by molar-refractivity contribution is 0.533. The van der Waals surface area contributed by atoms with Crippen LogP contribution in [0.5, 0.6) is 0 Å². The van der Waals surface area contributed by atoms with Crippen molar-refractivity contribution in [3.05, 3.63) is 47.2 Å². The van der Waals surface area contributed by atoms with Crippen molar-refractivity contribution >= 4 is 27.0 Å². The van der Waals surface area contributed by atoms with Crippen LogP contribution in [0, 0.1) is 18.3 Å². The Bertz CT molecular complexity index is 982. The summed E-state index contributed by atoms with van der Waals surface area (Å²) in [5.74, 6) is 0.685. The molecule has 0 aliphatic rings. The Kier molecular flexibility index (Phi) is 3.85. The van der Waals surface area contributed by atoms with Gasteiger partial charge in [0.1, 0.15) is 4.21 Å². The molecule has 0 aliphatic heterocycles. The number of hydrogen-bond donors (Lipinski definition) is 1. The molecule has 7 nitrogen and oxygen atoms in total. The van der Waals surface area contributed by atoms with Crippen LogP contribution < -0.4 is 4.72 Å². The van der Waals surface area contributed by atoms with E-state index in [1.54, 1.807) is 24.4 Å². The highest BCUT2D eigenvalue weighted by molar-refractivity contribution is 7.94. The lowest BCUT2D eigenvalue weighted by atomic mass is 10.2. The van der Waals surface area contributed by atoms with Gasteiger partial charge in [-0.25, -0.2) is 8.42 Å². The maximum atomic E-state index is 12.4. The van der Waals surface area contributed by atoms with E-state index in [1.165, 1.54) is 18.2 Å². The molecule has 0 fully saturated rings. The Morgan fingerprint density at radius 1 is 1.26 bits per heavy atom. The number of aromatic nitrogens is 2. The molecule has 0 aliphatic carbocycles. The van der Waals surface area contributed by atoms with Crippen LogP contribution in [-0.2, 0) is 10.0 Å². The predicted molar refractivity (Wildman–Crippen MR) is 84.3 cm³/mol. The summed E-state index contributed by atoms with van der Waals surface area (Å²) in [6.45, 7) is 1.66. The predicted octanol–water partition coefficient (Wildman–Crippen LogP) is 2.78. The fourth-order valence-electron chi connectivity index (χ4n) is 1.80. The standard InChI is InChI=1S/C14H10N4O3S2/c1-9-16-17-14(21-9)11-6-13(22-8-11)23(19,20)18-12-4-2-10(7-15)3-5-12/h2-6,8,18H,1H3. The zero-order valence-corrected chi connectivity index (χ0v) is 13.5. The molecule has 2 aromatic heterocycles. The summed E-state index contributed by atoms with van der Waals surface area (Å²) >= 11 is 1.06. The third-order valence-electron chi connectivity index (χ3n) is 2.88. The van der Waals surface area contributed by atoms with E-state index in [4.69, 9.17) is 9.68 Å². The minimum atomic E-state index is -3.72. The van der Waals surface area contributed by atoms with Gasteiger partial charge >= 0.3 is 0 Å². The second kappa shape index (κ2) is 5.83. The van der Waals surface area contributed by atoms with Gasteiger partial charge in [-0.2, -0.15) is 5.26 Å². The fourth-order valence-corrected chi connectivity index (χ4v) is 4.01. The third-order valence-corrected chi connectivity index (χ3v) is 5.70. The normalized spacial score (nSPS) is 11.1. The Balaban J connectivity index is 1.85. The Morgan fingerprint density at radius 3 is 2.61 bits per heavy atom. The summed E-state index contributed by atoms with van der Waals surface area (Å²) < 4.78 is 32.6. The van der Waals surface area contributed by atoms with Gasteiger partial charge in [0.25, 0.3) is 10.0 Å². The molecule has 3 rings (SSSR count). The molecule has 3 aromatic rings. The molecule has 1 aromatic carbocycles. The van der Waals surface area contributed by atoms with Crippen LogP contribution in [0.25, 0.3) is 11.5 Å². The van der Waals surface area contributed by atoms with Crippen LogP contribution in [0.4, 0.5) is 5.69 Å². The molecule has 1 N–H and O–H groups in total. The summed E-state index contributed by atoms with van der Waals surface area (Å²) in [6, 6.07) is 9.60. The minimum absolute atomic E-state index is 0.132. The van der Waals surface area contributed by atoms with Crippen molar-refractivity contribution in [2.24, 2.45) is 0 Å². The number of nitriles is 1. The van der Waals surface area contributed by atoms with Crippen molar-refractivity contribution in [1.82, 2.24) is 10.2 Å². The Labute approximate surface area is 136 Å². The first-order valence-electron chi connectivity index (χ1n) is 6.40. The van der Waals surface area contributed by atoms with Crippen molar-refractivity contribution < 1.29 is 12.8 Å². The summed E-state index contributed by atoms with van der Waals surface area (Å²) in [5.41, 5.74) is 1.39. The minimum Gasteiger partial charge on any atom is -0.421 e. The fraction of sp³-hybridized carbons (Fsp3) is 0.0714. The molecule has 0 saturated heterocycles. The Hall–Kier alpha value is -2.70. The highest BCUT2D eigenvalue weighted by Gasteiger charge is 2.19. The topological polar surface area (TPSA) is 109 Å². The van der Waals surface area contributed by atoms with Crippen LogP contribution in [0.3, 0.4) is 0 Å². The van der Waals surface area contributed by atoms with E-state index in [0.717, 1.165) is 11.3 Å². The number of thiophene rings is 1. The van der Waals surface area contributed by atoms with E-state index in [9.17, 15) is 8.42 Å². The van der Waals surface area contributed by atoms with Crippen molar-refractivity contribution in [2.45, 2.75) is 11.1 Å². The molecule has 0 spiro atoms. The van der Waals surface area contributed by atoms with Gasteiger partial charge in [-0.15, -0.1) is 21.5 Å². The zero-order valence-electron chi connectivity index (χ0n) is 11.8. The monoisotopic (exact) mass is 346 g/mol. The number of anilines is 1. The first-order valence-corrected chi connectivity index (χ1v) is 8.76. The SMILES string of the molecule is Cc1nnc(-c2csc(S(=O)(=O)Nc3ccc(C#N)cc3)c2)o1. The van der Waals surface area contributed by atoms with E-state index < -0.39 is 10.0 Å². The van der Waals surface area contributed by atoms with Gasteiger partial charge in [-0.3, -0.25) is 4.72 Å². The Morgan fingerprint density at radius 2 is 2.00 bits per heavy atom. The second-order valence-electron chi connectivity index (χ2n) is 4.58. The van der Waals surface area contributed by atoms with Gasteiger partial charge in [-0.1, -0.05) is 0 Å². The van der Waals surface area contributed by atoms with Crippen molar-refractivity contribution in [2.75, 3.05) is 4.72 Å². The molecule has 23 heavy (non-hydrogen) atoms. The summed E-state index contributed by atoms with van der Waals surface area (Å²) in [4.78, 5) is 0. The molecule has 0 amide bonds. The molecule has 0 atom stereocenters. The average molecular weight is 346 g/mol. The molecule has 0 saturated carbocycles. The van der Waals surface area contributed by atoms with Gasteiger partial charge in [0.05, 0.1) is 17.2 Å². The van der Waals surface area contributed by atoms with E-state index in [2.05, 4.69) is 14.9 Å². The molecule has 9 heteroatoms. The van der Waals surface area contributed by atoms with Crippen LogP contribution in [0.2, 0.25) is 0 Å². The number of sulfonamides is 1.